The summed E-state index contributed by atoms with van der Waals surface area (Å²) < 4.78 is 1.96. The van der Waals surface area contributed by atoms with E-state index in [1.807, 2.05) is 17.6 Å². The molecule has 2 aromatic rings. The number of amides is 1. The van der Waals surface area contributed by atoms with E-state index in [1.54, 1.807) is 30.7 Å². The summed E-state index contributed by atoms with van der Waals surface area (Å²) >= 11 is 0. The topological polar surface area (TPSA) is 55.2 Å². The minimum Gasteiger partial charge on any atom is -0.333 e. The number of ketones is 1. The number of hydrogen-bond acceptors (Lipinski definition) is 3. The molecule has 0 radical (unpaired) electrons. The molecule has 2 heterocycles. The van der Waals surface area contributed by atoms with Gasteiger partial charge >= 0.3 is 0 Å². The molecule has 0 unspecified atom stereocenters. The van der Waals surface area contributed by atoms with Gasteiger partial charge in [0.05, 0.1) is 29.8 Å². The number of benzene rings is 1. The highest BCUT2D eigenvalue weighted by molar-refractivity contribution is 6.52. The van der Waals surface area contributed by atoms with Crippen molar-refractivity contribution in [1.82, 2.24) is 9.55 Å². The van der Waals surface area contributed by atoms with Gasteiger partial charge in [0.15, 0.2) is 0 Å². The van der Waals surface area contributed by atoms with Crippen molar-refractivity contribution < 1.29 is 9.59 Å². The van der Waals surface area contributed by atoms with E-state index in [-0.39, 0.29) is 0 Å². The SMILES string of the molecule is CCn1cncc1CN1C(=O)C(=O)c2ccccc21. The van der Waals surface area contributed by atoms with E-state index >= 15 is 0 Å². The van der Waals surface area contributed by atoms with Crippen LogP contribution < -0.4 is 4.90 Å². The maximum absolute atomic E-state index is 12.0. The van der Waals surface area contributed by atoms with Crippen LogP contribution in [0.5, 0.6) is 0 Å². The Morgan fingerprint density at radius 3 is 2.79 bits per heavy atom. The molecule has 1 aromatic heterocycles. The van der Waals surface area contributed by atoms with Crippen LogP contribution in [0.2, 0.25) is 0 Å². The van der Waals surface area contributed by atoms with E-state index < -0.39 is 11.7 Å². The molecular formula is C14H13N3O2. The molecule has 0 aliphatic carbocycles. The normalized spacial score (nSPS) is 14.1. The smallest absolute Gasteiger partial charge is 0.299 e. The summed E-state index contributed by atoms with van der Waals surface area (Å²) in [5.41, 5.74) is 2.08. The molecule has 0 atom stereocenters. The Kier molecular flexibility index (Phi) is 2.67. The summed E-state index contributed by atoms with van der Waals surface area (Å²) in [6.07, 6.45) is 3.45. The lowest BCUT2D eigenvalue weighted by molar-refractivity contribution is -0.114. The van der Waals surface area contributed by atoms with Gasteiger partial charge in [-0.2, -0.15) is 0 Å². The van der Waals surface area contributed by atoms with Gasteiger partial charge in [0.2, 0.25) is 0 Å². The standard InChI is InChI=1S/C14H13N3O2/c1-2-16-9-15-7-10(16)8-17-12-6-4-3-5-11(12)13(18)14(17)19/h3-7,9H,2,8H2,1H3. The lowest BCUT2D eigenvalue weighted by Crippen LogP contribution is -2.30. The number of anilines is 1. The number of imidazole rings is 1. The van der Waals surface area contributed by atoms with Crippen molar-refractivity contribution in [2.24, 2.45) is 0 Å². The number of fused-ring (bicyclic) bond motifs is 1. The highest BCUT2D eigenvalue weighted by Crippen LogP contribution is 2.29. The molecule has 1 aliphatic rings. The van der Waals surface area contributed by atoms with Gasteiger partial charge in [0.25, 0.3) is 11.7 Å². The van der Waals surface area contributed by atoms with E-state index in [2.05, 4.69) is 4.98 Å². The minimum atomic E-state index is -0.468. The Balaban J connectivity index is 1.98. The molecule has 96 valence electrons. The quantitative estimate of drug-likeness (QED) is 0.783. The molecule has 5 nitrogen and oxygen atoms in total. The van der Waals surface area contributed by atoms with Crippen LogP contribution in [0.25, 0.3) is 0 Å². The van der Waals surface area contributed by atoms with Crippen LogP contribution in [0.3, 0.4) is 0 Å². The summed E-state index contributed by atoms with van der Waals surface area (Å²) in [6, 6.07) is 7.08. The molecule has 0 N–H and O–H groups in total. The van der Waals surface area contributed by atoms with E-state index in [0.717, 1.165) is 12.2 Å². The molecule has 0 saturated heterocycles. The van der Waals surface area contributed by atoms with Gasteiger partial charge in [-0.25, -0.2) is 4.98 Å². The molecule has 0 saturated carbocycles. The molecule has 19 heavy (non-hydrogen) atoms. The van der Waals surface area contributed by atoms with E-state index in [0.29, 0.717) is 17.8 Å². The van der Waals surface area contributed by atoms with Crippen LogP contribution in [0, 0.1) is 0 Å². The van der Waals surface area contributed by atoms with E-state index in [9.17, 15) is 9.59 Å². The first-order chi connectivity index (χ1) is 9.22. The van der Waals surface area contributed by atoms with E-state index in [4.69, 9.17) is 0 Å². The molecule has 3 rings (SSSR count). The summed E-state index contributed by atoms with van der Waals surface area (Å²) in [5, 5.41) is 0. The van der Waals surface area contributed by atoms with Crippen LogP contribution in [0.4, 0.5) is 5.69 Å². The number of carbonyl (C=O) groups excluding carboxylic acids is 2. The zero-order valence-electron chi connectivity index (χ0n) is 10.5. The van der Waals surface area contributed by atoms with Crippen molar-refractivity contribution in [1.29, 1.82) is 0 Å². The third-order valence-electron chi connectivity index (χ3n) is 3.34. The largest absolute Gasteiger partial charge is 0.333 e. The summed E-state index contributed by atoms with van der Waals surface area (Å²) in [7, 11) is 0. The van der Waals surface area contributed by atoms with Gasteiger partial charge in [-0.15, -0.1) is 0 Å². The average Bonchev–Trinajstić information content (AvgIpc) is 2.98. The van der Waals surface area contributed by atoms with Gasteiger partial charge in [-0.3, -0.25) is 14.5 Å². The van der Waals surface area contributed by atoms with Crippen molar-refractivity contribution in [2.75, 3.05) is 4.90 Å². The van der Waals surface area contributed by atoms with Crippen molar-refractivity contribution >= 4 is 17.4 Å². The third kappa shape index (κ3) is 1.74. The zero-order valence-corrected chi connectivity index (χ0v) is 10.5. The summed E-state index contributed by atoms with van der Waals surface area (Å²) in [5.74, 6) is -0.900. The first-order valence-electron chi connectivity index (χ1n) is 6.16. The molecule has 5 heteroatoms. The number of para-hydroxylation sites is 1. The predicted molar refractivity (Wildman–Crippen MR) is 69.9 cm³/mol. The number of carbonyl (C=O) groups is 2. The zero-order chi connectivity index (χ0) is 13.4. The van der Waals surface area contributed by atoms with Crippen molar-refractivity contribution in [3.8, 4) is 0 Å². The Morgan fingerprint density at radius 1 is 1.21 bits per heavy atom. The number of hydrogen-bond donors (Lipinski definition) is 0. The van der Waals surface area contributed by atoms with Crippen molar-refractivity contribution in [3.63, 3.8) is 0 Å². The molecular weight excluding hydrogens is 242 g/mol. The van der Waals surface area contributed by atoms with E-state index in [1.165, 1.54) is 4.90 Å². The Labute approximate surface area is 110 Å². The van der Waals surface area contributed by atoms with Crippen molar-refractivity contribution in [3.05, 3.63) is 48.0 Å². The van der Waals surface area contributed by atoms with Crippen molar-refractivity contribution in [2.45, 2.75) is 20.0 Å². The lowest BCUT2D eigenvalue weighted by Gasteiger charge is -2.17. The fourth-order valence-corrected chi connectivity index (χ4v) is 2.33. The summed E-state index contributed by atoms with van der Waals surface area (Å²) in [6.45, 7) is 3.17. The minimum absolute atomic E-state index is 0.370. The van der Waals surface area contributed by atoms with Crippen LogP contribution in [0.1, 0.15) is 23.0 Å². The first kappa shape index (κ1) is 11.6. The predicted octanol–water partition coefficient (Wildman–Crippen LogP) is 1.63. The van der Waals surface area contributed by atoms with Crippen LogP contribution in [0.15, 0.2) is 36.8 Å². The average molecular weight is 255 g/mol. The number of nitrogens with zero attached hydrogens (tertiary/aromatic N) is 3. The molecule has 0 spiro atoms. The number of Topliss-reactive ketones (excluding diaryl/α,β-unsaturated/α-hetero) is 1. The lowest BCUT2D eigenvalue weighted by atomic mass is 10.1. The first-order valence-corrected chi connectivity index (χ1v) is 6.16. The van der Waals surface area contributed by atoms with Gasteiger partial charge in [0, 0.05) is 12.7 Å². The number of aryl methyl sites for hydroxylation is 1. The molecule has 1 amide bonds. The number of aromatic nitrogens is 2. The molecule has 0 bridgehead atoms. The Bertz CT molecular complexity index is 660. The molecule has 0 fully saturated rings. The Morgan fingerprint density at radius 2 is 2.00 bits per heavy atom. The number of rotatable bonds is 3. The second kappa shape index (κ2) is 4.35. The van der Waals surface area contributed by atoms with Gasteiger partial charge in [-0.1, -0.05) is 12.1 Å². The maximum Gasteiger partial charge on any atom is 0.299 e. The van der Waals surface area contributed by atoms with Gasteiger partial charge in [-0.05, 0) is 19.1 Å². The highest BCUT2D eigenvalue weighted by atomic mass is 16.2. The monoisotopic (exact) mass is 255 g/mol. The second-order valence-electron chi connectivity index (χ2n) is 4.41. The molecule has 1 aliphatic heterocycles. The highest BCUT2D eigenvalue weighted by Gasteiger charge is 2.35. The fourth-order valence-electron chi connectivity index (χ4n) is 2.33. The summed E-state index contributed by atoms with van der Waals surface area (Å²) in [4.78, 5) is 29.5. The fraction of sp³-hybridized carbons (Fsp3) is 0.214. The Hall–Kier alpha value is -2.43. The van der Waals surface area contributed by atoms with Crippen LogP contribution in [-0.4, -0.2) is 21.2 Å². The maximum atomic E-state index is 12.0. The molecule has 1 aromatic carbocycles. The van der Waals surface area contributed by atoms with Gasteiger partial charge in [0.1, 0.15) is 0 Å². The third-order valence-corrected chi connectivity index (χ3v) is 3.34. The van der Waals surface area contributed by atoms with Gasteiger partial charge < -0.3 is 4.57 Å². The second-order valence-corrected chi connectivity index (χ2v) is 4.41. The van der Waals surface area contributed by atoms with Crippen LogP contribution >= 0.6 is 0 Å². The van der Waals surface area contributed by atoms with Crippen LogP contribution in [-0.2, 0) is 17.9 Å².